The van der Waals surface area contributed by atoms with Crippen molar-refractivity contribution in [1.29, 1.82) is 0 Å². The zero-order valence-electron chi connectivity index (χ0n) is 33.4. The predicted octanol–water partition coefficient (Wildman–Crippen LogP) is 3.23. The third kappa shape index (κ3) is 9.17. The molecule has 12 atom stereocenters. The molecule has 1 aromatic rings. The highest BCUT2D eigenvalue weighted by Crippen LogP contribution is 2.39. The predicted molar refractivity (Wildman–Crippen MR) is 201 cm³/mol. The Kier molecular flexibility index (Phi) is 13.2. The number of amidine groups is 1. The van der Waals surface area contributed by atoms with Gasteiger partial charge in [-0.1, -0.05) is 51.1 Å². The van der Waals surface area contributed by atoms with E-state index in [1.54, 1.807) is 37.8 Å². The Morgan fingerprint density at radius 3 is 2.43 bits per heavy atom. The number of hydrogen-bond acceptors (Lipinski definition) is 9. The van der Waals surface area contributed by atoms with Gasteiger partial charge in [-0.15, -0.1) is 0 Å². The van der Waals surface area contributed by atoms with Crippen LogP contribution in [0.2, 0.25) is 0 Å². The number of benzene rings is 1. The molecule has 0 saturated carbocycles. The molecule has 0 radical (unpaired) electrons. The highest BCUT2D eigenvalue weighted by molar-refractivity contribution is 5.93. The van der Waals surface area contributed by atoms with Crippen molar-refractivity contribution in [3.63, 3.8) is 0 Å². The topological polar surface area (TPSA) is 142 Å². The second kappa shape index (κ2) is 17.0. The maximum atomic E-state index is 14.3. The summed E-state index contributed by atoms with van der Waals surface area (Å²) in [6.45, 7) is 14.2. The summed E-state index contributed by atoms with van der Waals surface area (Å²) in [4.78, 5) is 52.6. The number of carbonyl (C=O) groups is 3. The Bertz CT molecular complexity index is 1460. The lowest BCUT2D eigenvalue weighted by molar-refractivity contribution is -0.288. The van der Waals surface area contributed by atoms with Crippen LogP contribution >= 0.6 is 0 Å². The number of carbonyl (C=O) groups excluding carboxylic acids is 3. The molecule has 53 heavy (non-hydrogen) atoms. The van der Waals surface area contributed by atoms with Gasteiger partial charge in [0.25, 0.3) is 6.02 Å². The van der Waals surface area contributed by atoms with Crippen molar-refractivity contribution in [3.8, 4) is 0 Å². The minimum atomic E-state index is -1.45. The normalized spacial score (nSPS) is 38.6. The number of aliphatic hydroxyl groups is 1. The molecule has 5 rings (SSSR count). The molecule has 4 fully saturated rings. The molecule has 0 unspecified atom stereocenters. The van der Waals surface area contributed by atoms with Crippen molar-refractivity contribution in [2.24, 2.45) is 22.7 Å². The Balaban J connectivity index is 1.51. The molecule has 4 aliphatic heterocycles. The van der Waals surface area contributed by atoms with Gasteiger partial charge in [0.05, 0.1) is 35.9 Å². The van der Waals surface area contributed by atoms with Crippen molar-refractivity contribution in [3.05, 3.63) is 35.9 Å². The maximum absolute atomic E-state index is 14.3. The Morgan fingerprint density at radius 2 is 1.77 bits per heavy atom. The van der Waals surface area contributed by atoms with Gasteiger partial charge >= 0.3 is 0 Å². The van der Waals surface area contributed by atoms with Gasteiger partial charge in [0, 0.05) is 52.7 Å². The first kappa shape index (κ1) is 40.9. The van der Waals surface area contributed by atoms with Gasteiger partial charge in [-0.2, -0.15) is 0 Å². The van der Waals surface area contributed by atoms with E-state index in [4.69, 9.17) is 23.9 Å². The van der Waals surface area contributed by atoms with Crippen molar-refractivity contribution in [2.75, 3.05) is 34.3 Å². The Morgan fingerprint density at radius 1 is 1.08 bits per heavy atom. The number of hydrogen-bond donors (Lipinski definition) is 2. The van der Waals surface area contributed by atoms with Crippen LogP contribution in [0.1, 0.15) is 79.7 Å². The number of amides is 3. The average molecular weight is 742 g/mol. The lowest BCUT2D eigenvalue weighted by atomic mass is 9.77. The van der Waals surface area contributed by atoms with E-state index in [2.05, 4.69) is 5.32 Å². The molecule has 4 aliphatic rings. The third-order valence-corrected chi connectivity index (χ3v) is 11.5. The molecule has 0 aliphatic carbocycles. The average Bonchev–Trinajstić information content (AvgIpc) is 3.70. The number of methoxy groups -OCH3 is 1. The fourth-order valence-electron chi connectivity index (χ4n) is 9.04. The molecule has 3 amide bonds. The first-order valence-corrected chi connectivity index (χ1v) is 19.4. The third-order valence-electron chi connectivity index (χ3n) is 11.5. The molecule has 4 saturated heterocycles. The van der Waals surface area contributed by atoms with E-state index in [9.17, 15) is 19.5 Å². The largest absolute Gasteiger partial charge is 0.454 e. The number of nitrogens with zero attached hydrogens (tertiary/aromatic N) is 4. The molecular formula is C40H63N5O8. The fraction of sp³-hybridized carbons (Fsp3) is 0.750. The van der Waals surface area contributed by atoms with Crippen LogP contribution in [0.5, 0.6) is 0 Å². The fourth-order valence-corrected chi connectivity index (χ4v) is 9.04. The van der Waals surface area contributed by atoms with Crippen molar-refractivity contribution in [1.82, 2.24) is 20.0 Å². The van der Waals surface area contributed by atoms with Gasteiger partial charge < -0.3 is 44.1 Å². The minimum Gasteiger partial charge on any atom is -0.454 e. The molecule has 0 aromatic heterocycles. The summed E-state index contributed by atoms with van der Waals surface area (Å²) in [6, 6.07) is 8.54. The lowest BCUT2D eigenvalue weighted by Gasteiger charge is -2.46. The van der Waals surface area contributed by atoms with Crippen LogP contribution in [0.4, 0.5) is 0 Å². The van der Waals surface area contributed by atoms with Crippen molar-refractivity contribution >= 4 is 23.7 Å². The molecule has 0 bridgehead atoms. The molecule has 13 nitrogen and oxygen atoms in total. The summed E-state index contributed by atoms with van der Waals surface area (Å²) in [5.41, 5.74) is -0.555. The van der Waals surface area contributed by atoms with Crippen LogP contribution in [0.3, 0.4) is 0 Å². The molecule has 4 heterocycles. The van der Waals surface area contributed by atoms with Crippen LogP contribution in [0.25, 0.3) is 0 Å². The SMILES string of the molecule is CO[C@H]1[C@H](C)[C@@H](O[C@@H]2O[C@H](C)C[C@H]3[C@H]2OC(=NC(C)C)N3C)[C@](C)(O)C[C@@H](C)CN(C)C(=O)[C@@H]2CCCN2C(=O)[C@H](Cc2ccccc2)NC(=O)[C@@H]1C. The van der Waals surface area contributed by atoms with Gasteiger partial charge in [0.1, 0.15) is 12.1 Å². The number of fused-ring (bicyclic) bond motifs is 2. The number of rotatable bonds is 6. The molecular weight excluding hydrogens is 678 g/mol. The van der Waals surface area contributed by atoms with Crippen LogP contribution in [0, 0.1) is 17.8 Å². The second-order valence-electron chi connectivity index (χ2n) is 16.5. The van der Waals surface area contributed by atoms with Gasteiger partial charge in [0.2, 0.25) is 17.7 Å². The van der Waals surface area contributed by atoms with Crippen molar-refractivity contribution in [2.45, 2.75) is 141 Å². The first-order valence-electron chi connectivity index (χ1n) is 19.4. The van der Waals surface area contributed by atoms with Crippen LogP contribution in [0.15, 0.2) is 35.3 Å². The zero-order chi connectivity index (χ0) is 38.8. The molecule has 13 heteroatoms. The maximum Gasteiger partial charge on any atom is 0.288 e. The van der Waals surface area contributed by atoms with Gasteiger partial charge in [-0.25, -0.2) is 4.99 Å². The van der Waals surface area contributed by atoms with E-state index in [-0.39, 0.29) is 54.7 Å². The van der Waals surface area contributed by atoms with Gasteiger partial charge in [-0.05, 0) is 64.9 Å². The van der Waals surface area contributed by atoms with E-state index in [1.165, 1.54) is 0 Å². The van der Waals surface area contributed by atoms with Crippen LogP contribution in [-0.2, 0) is 39.8 Å². The van der Waals surface area contributed by atoms with E-state index in [1.807, 2.05) is 76.9 Å². The van der Waals surface area contributed by atoms with Crippen LogP contribution in [-0.4, -0.2) is 138 Å². The van der Waals surface area contributed by atoms with E-state index < -0.39 is 54.1 Å². The number of likely N-dealkylation sites (N-methyl/N-ethyl adjacent to an activating group) is 2. The van der Waals surface area contributed by atoms with E-state index in [0.29, 0.717) is 38.4 Å². The number of aliphatic imine (C=N–C) groups is 1. The smallest absolute Gasteiger partial charge is 0.288 e. The summed E-state index contributed by atoms with van der Waals surface area (Å²) in [5, 5.41) is 15.5. The van der Waals surface area contributed by atoms with Gasteiger partial charge in [0.15, 0.2) is 12.4 Å². The molecule has 2 N–H and O–H groups in total. The van der Waals surface area contributed by atoms with Gasteiger partial charge in [-0.3, -0.25) is 14.4 Å². The highest BCUT2D eigenvalue weighted by Gasteiger charge is 2.53. The summed E-state index contributed by atoms with van der Waals surface area (Å²) in [5.74, 6) is -2.22. The molecule has 1 aromatic carbocycles. The van der Waals surface area contributed by atoms with E-state index >= 15 is 0 Å². The van der Waals surface area contributed by atoms with E-state index in [0.717, 1.165) is 5.56 Å². The summed E-state index contributed by atoms with van der Waals surface area (Å²) in [6.07, 6.45) is -0.609. The standard InChI is InChI=1S/C40H63N5O8/c1-23(2)41-39-44(9)31-19-25(4)51-38(33(31)52-39)53-34-26(5)32(50-10)27(6)35(46)42-29(20-28-15-12-11-13-16-28)36(47)45-18-14-17-30(45)37(48)43(8)22-24(3)21-40(34,7)49/h11-13,15-16,23-27,29-34,38,49H,14,17-22H2,1-10H3,(H,42,46)/t24-,25-,26+,27-,29+,30+,31+,32+,33-,34-,38+,40-/m1/s1. The molecule has 0 spiro atoms. The number of ether oxygens (including phenoxy) is 4. The Hall–Kier alpha value is -3.26. The monoisotopic (exact) mass is 741 g/mol. The van der Waals surface area contributed by atoms with Crippen molar-refractivity contribution < 1.29 is 38.4 Å². The first-order chi connectivity index (χ1) is 25.0. The second-order valence-corrected chi connectivity index (χ2v) is 16.5. The highest BCUT2D eigenvalue weighted by atomic mass is 16.7. The Labute approximate surface area is 315 Å². The number of nitrogens with one attached hydrogen (secondary N) is 1. The minimum absolute atomic E-state index is 0.0278. The quantitative estimate of drug-likeness (QED) is 0.450. The summed E-state index contributed by atoms with van der Waals surface area (Å²) >= 11 is 0. The summed E-state index contributed by atoms with van der Waals surface area (Å²) in [7, 11) is 5.27. The zero-order valence-corrected chi connectivity index (χ0v) is 33.4. The molecule has 296 valence electrons. The summed E-state index contributed by atoms with van der Waals surface area (Å²) < 4.78 is 25.8. The lowest BCUT2D eigenvalue weighted by Crippen LogP contribution is -2.59. The van der Waals surface area contributed by atoms with Crippen LogP contribution < -0.4 is 5.32 Å².